The van der Waals surface area contributed by atoms with Crippen LogP contribution in [0.4, 0.5) is 15.5 Å². The summed E-state index contributed by atoms with van der Waals surface area (Å²) in [5, 5.41) is 10.1. The summed E-state index contributed by atoms with van der Waals surface area (Å²) in [4.78, 5) is 44.9. The number of halogens is 1. The number of likely N-dealkylation sites (N-methyl/N-ethyl adjacent to an activating group) is 1. The van der Waals surface area contributed by atoms with E-state index in [4.69, 9.17) is 4.74 Å². The molecule has 0 bridgehead atoms. The van der Waals surface area contributed by atoms with Gasteiger partial charge >= 0.3 is 0 Å². The number of hydrogen-bond acceptors (Lipinski definition) is 5. The van der Waals surface area contributed by atoms with Crippen LogP contribution in [-0.4, -0.2) is 68.5 Å². The fourth-order valence-electron chi connectivity index (χ4n) is 7.43. The highest BCUT2D eigenvalue weighted by Gasteiger charge is 2.66. The standard InChI is InChI=1S/C30H36FN3O5Si/c1-18-28(40(3,4)31)25(15-27(37)34-16-20-8-6-5-7-19(20)13-22(34)17-35)39-30(18)23-14-21(33-12-11-26(33)36)9-10-24(23)32(2)29(30)38/h5-10,14,18,22,25,28,35H,11-13,15-17H2,1-4H3/t18-,22-,25+,28-,30+/m0/s1. The van der Waals surface area contributed by atoms with Crippen molar-refractivity contribution >= 4 is 37.5 Å². The number of aliphatic hydroxyl groups excluding tert-OH is 1. The van der Waals surface area contributed by atoms with Crippen LogP contribution in [-0.2, 0) is 37.7 Å². The number of benzene rings is 2. The zero-order chi connectivity index (χ0) is 28.6. The van der Waals surface area contributed by atoms with Crippen LogP contribution in [0.3, 0.4) is 0 Å². The number of β-lactam (4-membered cyclic amide) rings is 1. The molecule has 1 spiro atoms. The van der Waals surface area contributed by atoms with Gasteiger partial charge in [0, 0.05) is 49.3 Å². The van der Waals surface area contributed by atoms with Gasteiger partial charge in [-0.05, 0) is 48.8 Å². The van der Waals surface area contributed by atoms with Crippen LogP contribution in [0.5, 0.6) is 0 Å². The zero-order valence-electron chi connectivity index (χ0n) is 23.4. The van der Waals surface area contributed by atoms with Crippen LogP contribution < -0.4 is 9.80 Å². The molecule has 2 aromatic rings. The monoisotopic (exact) mass is 565 g/mol. The third-order valence-corrected chi connectivity index (χ3v) is 12.0. The Balaban J connectivity index is 1.35. The smallest absolute Gasteiger partial charge is 0.264 e. The van der Waals surface area contributed by atoms with E-state index in [1.54, 1.807) is 34.8 Å². The summed E-state index contributed by atoms with van der Waals surface area (Å²) in [6.07, 6.45) is 0.152. The average Bonchev–Trinajstić information content (AvgIpc) is 3.33. The van der Waals surface area contributed by atoms with Gasteiger partial charge in [0.05, 0.1) is 30.9 Å². The molecular weight excluding hydrogens is 529 g/mol. The third kappa shape index (κ3) is 3.94. The molecule has 0 radical (unpaired) electrons. The van der Waals surface area contributed by atoms with Crippen molar-refractivity contribution in [3.8, 4) is 0 Å². The molecule has 40 heavy (non-hydrogen) atoms. The van der Waals surface area contributed by atoms with Crippen LogP contribution in [0.15, 0.2) is 42.5 Å². The third-order valence-electron chi connectivity index (χ3n) is 9.50. The van der Waals surface area contributed by atoms with E-state index >= 15 is 4.11 Å². The summed E-state index contributed by atoms with van der Waals surface area (Å²) < 4.78 is 22.8. The number of aliphatic hydroxyl groups is 1. The van der Waals surface area contributed by atoms with Gasteiger partial charge in [-0.3, -0.25) is 14.4 Å². The minimum atomic E-state index is -3.44. The fourth-order valence-corrected chi connectivity index (χ4v) is 9.92. The van der Waals surface area contributed by atoms with Crippen molar-refractivity contribution in [1.82, 2.24) is 4.90 Å². The van der Waals surface area contributed by atoms with E-state index in [9.17, 15) is 19.5 Å². The lowest BCUT2D eigenvalue weighted by Crippen LogP contribution is -2.48. The minimum Gasteiger partial charge on any atom is -0.394 e. The number of carbonyl (C=O) groups is 3. The van der Waals surface area contributed by atoms with Gasteiger partial charge in [-0.25, -0.2) is 0 Å². The molecule has 0 aromatic heterocycles. The highest BCUT2D eigenvalue weighted by molar-refractivity contribution is 6.72. The summed E-state index contributed by atoms with van der Waals surface area (Å²) in [5.41, 5.74) is 2.08. The fraction of sp³-hybridized carbons (Fsp3) is 0.500. The average molecular weight is 566 g/mol. The summed E-state index contributed by atoms with van der Waals surface area (Å²) >= 11 is 0. The number of amides is 3. The molecular formula is C30H36FN3O5Si. The molecule has 6 rings (SSSR count). The first-order valence-corrected chi connectivity index (χ1v) is 17.0. The van der Waals surface area contributed by atoms with Gasteiger partial charge in [0.15, 0.2) is 5.60 Å². The van der Waals surface area contributed by atoms with Gasteiger partial charge in [0.2, 0.25) is 20.2 Å². The Bertz CT molecular complexity index is 1400. The molecule has 3 amide bonds. The Kier molecular flexibility index (Phi) is 6.43. The van der Waals surface area contributed by atoms with Gasteiger partial charge in [-0.15, -0.1) is 0 Å². The quantitative estimate of drug-likeness (QED) is 0.341. The molecule has 0 saturated carbocycles. The van der Waals surface area contributed by atoms with Crippen LogP contribution >= 0.6 is 0 Å². The Labute approximate surface area is 234 Å². The number of nitrogens with zero attached hydrogens (tertiary/aromatic N) is 3. The van der Waals surface area contributed by atoms with Crippen molar-refractivity contribution < 1.29 is 28.3 Å². The highest BCUT2D eigenvalue weighted by atomic mass is 28.4. The predicted molar refractivity (Wildman–Crippen MR) is 151 cm³/mol. The molecule has 4 heterocycles. The number of ether oxygens (including phenoxy) is 1. The molecule has 212 valence electrons. The topological polar surface area (TPSA) is 90.4 Å². The molecule has 0 aliphatic carbocycles. The first-order chi connectivity index (χ1) is 19.0. The second kappa shape index (κ2) is 9.49. The van der Waals surface area contributed by atoms with E-state index in [-0.39, 0.29) is 36.8 Å². The summed E-state index contributed by atoms with van der Waals surface area (Å²) in [5.74, 6) is -0.996. The largest absolute Gasteiger partial charge is 0.394 e. The van der Waals surface area contributed by atoms with Gasteiger partial charge in [0.25, 0.3) is 5.91 Å². The first-order valence-electron chi connectivity index (χ1n) is 14.0. The Morgan fingerprint density at radius 2 is 1.90 bits per heavy atom. The molecule has 10 heteroatoms. The van der Waals surface area contributed by atoms with E-state index in [2.05, 4.69) is 0 Å². The van der Waals surface area contributed by atoms with Crippen molar-refractivity contribution in [3.05, 3.63) is 59.2 Å². The number of anilines is 2. The maximum Gasteiger partial charge on any atom is 0.264 e. The predicted octanol–water partition coefficient (Wildman–Crippen LogP) is 3.51. The lowest BCUT2D eigenvalue weighted by molar-refractivity contribution is -0.150. The van der Waals surface area contributed by atoms with E-state index in [0.717, 1.165) is 11.1 Å². The Morgan fingerprint density at radius 1 is 1.18 bits per heavy atom. The maximum atomic E-state index is 16.1. The van der Waals surface area contributed by atoms with Crippen molar-refractivity contribution in [2.75, 3.05) is 30.0 Å². The van der Waals surface area contributed by atoms with Crippen molar-refractivity contribution in [1.29, 1.82) is 0 Å². The van der Waals surface area contributed by atoms with Crippen LogP contribution in [0, 0.1) is 5.92 Å². The molecule has 4 aliphatic rings. The number of hydrogen-bond donors (Lipinski definition) is 1. The second-order valence-electron chi connectivity index (χ2n) is 12.2. The van der Waals surface area contributed by atoms with Crippen molar-refractivity contribution in [2.45, 2.75) is 69.1 Å². The van der Waals surface area contributed by atoms with Crippen LogP contribution in [0.1, 0.15) is 36.5 Å². The molecule has 2 saturated heterocycles. The van der Waals surface area contributed by atoms with Gasteiger partial charge in [-0.2, -0.15) is 0 Å². The molecule has 2 fully saturated rings. The number of carbonyl (C=O) groups excluding carboxylic acids is 3. The van der Waals surface area contributed by atoms with Crippen molar-refractivity contribution in [3.63, 3.8) is 0 Å². The van der Waals surface area contributed by atoms with Gasteiger partial charge < -0.3 is 28.7 Å². The highest BCUT2D eigenvalue weighted by Crippen LogP contribution is 2.60. The van der Waals surface area contributed by atoms with Crippen LogP contribution in [0.25, 0.3) is 0 Å². The molecule has 8 nitrogen and oxygen atoms in total. The lowest BCUT2D eigenvalue weighted by atomic mass is 9.82. The van der Waals surface area contributed by atoms with E-state index in [0.29, 0.717) is 42.9 Å². The number of fused-ring (bicyclic) bond motifs is 3. The van der Waals surface area contributed by atoms with E-state index in [1.165, 1.54) is 0 Å². The maximum absolute atomic E-state index is 16.1. The normalized spacial score (nSPS) is 29.6. The van der Waals surface area contributed by atoms with Crippen molar-refractivity contribution in [2.24, 2.45) is 5.92 Å². The number of rotatable bonds is 5. The minimum absolute atomic E-state index is 0.0206. The van der Waals surface area contributed by atoms with E-state index < -0.39 is 31.6 Å². The van der Waals surface area contributed by atoms with Gasteiger partial charge in [0.1, 0.15) is 0 Å². The lowest BCUT2D eigenvalue weighted by Gasteiger charge is -2.37. The molecule has 2 aromatic carbocycles. The Morgan fingerprint density at radius 3 is 2.52 bits per heavy atom. The molecule has 1 N–H and O–H groups in total. The molecule has 4 aliphatic heterocycles. The zero-order valence-corrected chi connectivity index (χ0v) is 24.4. The summed E-state index contributed by atoms with van der Waals surface area (Å²) in [7, 11) is -1.76. The second-order valence-corrected chi connectivity index (χ2v) is 16.0. The van der Waals surface area contributed by atoms with E-state index in [1.807, 2.05) is 49.4 Å². The summed E-state index contributed by atoms with van der Waals surface area (Å²) in [6, 6.07) is 13.0. The Hall–Kier alpha value is -3.08. The SMILES string of the molecule is C[C@H]1[C@H]([Si](C)(C)F)[C@@H](CC(=O)N2Cc3ccccc3C[C@H]2CO)O[C@]12C(=O)N(C)c1ccc(N3CCC3=O)cc12. The molecule has 0 unspecified atom stereocenters. The van der Waals surface area contributed by atoms with Crippen LogP contribution in [0.2, 0.25) is 18.6 Å². The molecule has 5 atom stereocenters. The van der Waals surface area contributed by atoms with Gasteiger partial charge in [-0.1, -0.05) is 31.2 Å². The first kappa shape index (κ1) is 27.1. The summed E-state index contributed by atoms with van der Waals surface area (Å²) in [6.45, 7) is 5.89.